The third-order valence-electron chi connectivity index (χ3n) is 3.32. The van der Waals surface area contributed by atoms with Crippen LogP contribution in [0, 0.1) is 0 Å². The van der Waals surface area contributed by atoms with E-state index in [0.29, 0.717) is 24.1 Å². The number of carbonyl (C=O) groups excluding carboxylic acids is 1. The molecule has 0 aromatic heterocycles. The van der Waals surface area contributed by atoms with Gasteiger partial charge in [0.25, 0.3) is 0 Å². The molecule has 0 bridgehead atoms. The number of benzene rings is 1. The summed E-state index contributed by atoms with van der Waals surface area (Å²) in [5.74, 6) is 0. The normalized spacial score (nSPS) is 15.5. The van der Waals surface area contributed by atoms with Crippen LogP contribution in [0.25, 0.3) is 5.57 Å². The summed E-state index contributed by atoms with van der Waals surface area (Å²) >= 11 is 5.62. The van der Waals surface area contributed by atoms with Crippen molar-refractivity contribution in [2.75, 3.05) is 19.7 Å². The Morgan fingerprint density at radius 1 is 1.41 bits per heavy atom. The van der Waals surface area contributed by atoms with Gasteiger partial charge in [0, 0.05) is 13.1 Å². The van der Waals surface area contributed by atoms with Crippen LogP contribution in [0.4, 0.5) is 18.0 Å². The van der Waals surface area contributed by atoms with Crippen LogP contribution in [0.3, 0.4) is 0 Å². The van der Waals surface area contributed by atoms with Gasteiger partial charge < -0.3 is 9.64 Å². The first kappa shape index (κ1) is 16.7. The Labute approximate surface area is 131 Å². The first-order valence-electron chi connectivity index (χ1n) is 6.80. The Morgan fingerprint density at radius 2 is 2.14 bits per heavy atom. The summed E-state index contributed by atoms with van der Waals surface area (Å²) in [4.78, 5) is 13.2. The molecule has 2 rings (SSSR count). The van der Waals surface area contributed by atoms with Crippen LogP contribution in [-0.2, 0) is 10.9 Å². The van der Waals surface area contributed by atoms with Crippen molar-refractivity contribution in [1.82, 2.24) is 4.90 Å². The molecule has 1 heterocycles. The minimum absolute atomic E-state index is 0.220. The SMILES string of the molecule is CCOC(=O)N1CCC=C(c2ccc(Cl)c(C(F)(F)F)c2)C1. The smallest absolute Gasteiger partial charge is 0.417 e. The van der Waals surface area contributed by atoms with E-state index in [1.54, 1.807) is 6.92 Å². The highest BCUT2D eigenvalue weighted by Crippen LogP contribution is 2.36. The molecule has 0 atom stereocenters. The monoisotopic (exact) mass is 333 g/mol. The van der Waals surface area contributed by atoms with E-state index in [1.165, 1.54) is 17.0 Å². The summed E-state index contributed by atoms with van der Waals surface area (Å²) in [6.45, 7) is 2.67. The van der Waals surface area contributed by atoms with Gasteiger partial charge in [-0.1, -0.05) is 23.7 Å². The lowest BCUT2D eigenvalue weighted by Crippen LogP contribution is -2.35. The second-order valence-corrected chi connectivity index (χ2v) is 5.24. The standard InChI is InChI=1S/C15H15ClF3NO2/c1-2-22-14(21)20-7-3-4-11(9-20)10-5-6-13(16)12(8-10)15(17,18)19/h4-6,8H,2-3,7,9H2,1H3. The Hall–Kier alpha value is -1.69. The Morgan fingerprint density at radius 3 is 2.77 bits per heavy atom. The molecule has 1 aromatic carbocycles. The maximum absolute atomic E-state index is 12.9. The molecule has 0 saturated carbocycles. The van der Waals surface area contributed by atoms with E-state index >= 15 is 0 Å². The number of carbonyl (C=O) groups is 1. The van der Waals surface area contributed by atoms with Crippen molar-refractivity contribution < 1.29 is 22.7 Å². The fraction of sp³-hybridized carbons (Fsp3) is 0.400. The van der Waals surface area contributed by atoms with Gasteiger partial charge in [0.1, 0.15) is 0 Å². The van der Waals surface area contributed by atoms with E-state index in [0.717, 1.165) is 6.07 Å². The molecule has 0 fully saturated rings. The average molecular weight is 334 g/mol. The van der Waals surface area contributed by atoms with Crippen molar-refractivity contribution >= 4 is 23.3 Å². The minimum atomic E-state index is -4.51. The van der Waals surface area contributed by atoms with E-state index in [-0.39, 0.29) is 18.2 Å². The maximum Gasteiger partial charge on any atom is 0.417 e. The maximum atomic E-state index is 12.9. The molecular weight excluding hydrogens is 319 g/mol. The number of hydrogen-bond donors (Lipinski definition) is 0. The van der Waals surface area contributed by atoms with E-state index < -0.39 is 17.8 Å². The third-order valence-corrected chi connectivity index (χ3v) is 3.65. The van der Waals surface area contributed by atoms with E-state index in [9.17, 15) is 18.0 Å². The van der Waals surface area contributed by atoms with Crippen molar-refractivity contribution in [2.45, 2.75) is 19.5 Å². The van der Waals surface area contributed by atoms with Crippen LogP contribution in [0.5, 0.6) is 0 Å². The van der Waals surface area contributed by atoms with Crippen molar-refractivity contribution in [3.63, 3.8) is 0 Å². The summed E-state index contributed by atoms with van der Waals surface area (Å²) in [6.07, 6.45) is -2.57. The number of alkyl halides is 3. The van der Waals surface area contributed by atoms with Gasteiger partial charge in [-0.25, -0.2) is 4.79 Å². The van der Waals surface area contributed by atoms with E-state index in [2.05, 4.69) is 0 Å². The largest absolute Gasteiger partial charge is 0.450 e. The molecule has 22 heavy (non-hydrogen) atoms. The number of amides is 1. The number of nitrogens with zero attached hydrogens (tertiary/aromatic N) is 1. The number of halogens is 4. The molecule has 120 valence electrons. The second kappa shape index (κ2) is 6.60. The fourth-order valence-corrected chi connectivity index (χ4v) is 2.49. The summed E-state index contributed by atoms with van der Waals surface area (Å²) < 4.78 is 43.7. The van der Waals surface area contributed by atoms with Gasteiger partial charge in [0.15, 0.2) is 0 Å². The third kappa shape index (κ3) is 3.74. The minimum Gasteiger partial charge on any atom is -0.450 e. The van der Waals surface area contributed by atoms with Crippen LogP contribution in [0.1, 0.15) is 24.5 Å². The molecule has 7 heteroatoms. The molecular formula is C15H15ClF3NO2. The zero-order valence-corrected chi connectivity index (χ0v) is 12.7. The van der Waals surface area contributed by atoms with Crippen LogP contribution < -0.4 is 0 Å². The molecule has 0 aliphatic carbocycles. The van der Waals surface area contributed by atoms with E-state index in [1.807, 2.05) is 6.08 Å². The molecule has 1 aromatic rings. The molecule has 3 nitrogen and oxygen atoms in total. The Bertz CT molecular complexity index is 599. The van der Waals surface area contributed by atoms with Gasteiger partial charge in [0.05, 0.1) is 17.2 Å². The number of rotatable bonds is 2. The summed E-state index contributed by atoms with van der Waals surface area (Å²) in [6, 6.07) is 3.77. The molecule has 1 aliphatic rings. The molecule has 1 amide bonds. The van der Waals surface area contributed by atoms with Gasteiger partial charge in [-0.3, -0.25) is 0 Å². The van der Waals surface area contributed by atoms with Gasteiger partial charge in [0.2, 0.25) is 0 Å². The van der Waals surface area contributed by atoms with Crippen molar-refractivity contribution in [1.29, 1.82) is 0 Å². The molecule has 1 aliphatic heterocycles. The fourth-order valence-electron chi connectivity index (χ4n) is 2.27. The lowest BCUT2D eigenvalue weighted by molar-refractivity contribution is -0.137. The topological polar surface area (TPSA) is 29.5 Å². The number of hydrogen-bond acceptors (Lipinski definition) is 2. The zero-order chi connectivity index (χ0) is 16.3. The predicted octanol–water partition coefficient (Wildman–Crippen LogP) is 4.60. The molecule has 0 spiro atoms. The molecule has 0 unspecified atom stereocenters. The highest BCUT2D eigenvalue weighted by molar-refractivity contribution is 6.31. The van der Waals surface area contributed by atoms with Crippen molar-refractivity contribution in [3.8, 4) is 0 Å². The van der Waals surface area contributed by atoms with Crippen molar-refractivity contribution in [2.24, 2.45) is 0 Å². The van der Waals surface area contributed by atoms with Crippen LogP contribution in [0.2, 0.25) is 5.02 Å². The summed E-state index contributed by atoms with van der Waals surface area (Å²) in [5.41, 5.74) is 0.188. The molecule has 0 saturated heterocycles. The predicted molar refractivity (Wildman–Crippen MR) is 77.6 cm³/mol. The first-order chi connectivity index (χ1) is 10.3. The second-order valence-electron chi connectivity index (χ2n) is 4.83. The van der Waals surface area contributed by atoms with Crippen LogP contribution >= 0.6 is 11.6 Å². The van der Waals surface area contributed by atoms with Gasteiger partial charge in [-0.05, 0) is 36.6 Å². The first-order valence-corrected chi connectivity index (χ1v) is 7.18. The summed E-state index contributed by atoms with van der Waals surface area (Å²) in [7, 11) is 0. The molecule has 0 N–H and O–H groups in total. The zero-order valence-electron chi connectivity index (χ0n) is 11.9. The van der Waals surface area contributed by atoms with Gasteiger partial charge in [-0.15, -0.1) is 0 Å². The lowest BCUT2D eigenvalue weighted by atomic mass is 9.99. The lowest BCUT2D eigenvalue weighted by Gasteiger charge is -2.27. The number of ether oxygens (including phenoxy) is 1. The van der Waals surface area contributed by atoms with Crippen LogP contribution in [-0.4, -0.2) is 30.7 Å². The Kier molecular flexibility index (Phi) is 5.01. The van der Waals surface area contributed by atoms with E-state index in [4.69, 9.17) is 16.3 Å². The highest BCUT2D eigenvalue weighted by Gasteiger charge is 2.33. The van der Waals surface area contributed by atoms with Crippen molar-refractivity contribution in [3.05, 3.63) is 40.4 Å². The molecule has 0 radical (unpaired) electrons. The highest BCUT2D eigenvalue weighted by atomic mass is 35.5. The quantitative estimate of drug-likeness (QED) is 0.791. The summed E-state index contributed by atoms with van der Waals surface area (Å²) in [5, 5.41) is -0.338. The average Bonchev–Trinajstić information content (AvgIpc) is 2.47. The van der Waals surface area contributed by atoms with Gasteiger partial charge in [-0.2, -0.15) is 13.2 Å². The Balaban J connectivity index is 2.25. The van der Waals surface area contributed by atoms with Crippen LogP contribution in [0.15, 0.2) is 24.3 Å². The van der Waals surface area contributed by atoms with Gasteiger partial charge >= 0.3 is 12.3 Å².